The fourth-order valence-electron chi connectivity index (χ4n) is 1.26. The summed E-state index contributed by atoms with van der Waals surface area (Å²) in [6.45, 7) is 0. The van der Waals surface area contributed by atoms with Gasteiger partial charge in [-0.1, -0.05) is 12.1 Å². The van der Waals surface area contributed by atoms with Crippen molar-refractivity contribution in [1.82, 2.24) is 4.72 Å². The Hall–Kier alpha value is -1.24. The maximum atomic E-state index is 11.5. The highest BCUT2D eigenvalue weighted by atomic mass is 32.2. The van der Waals surface area contributed by atoms with Gasteiger partial charge in [0.05, 0.1) is 5.56 Å². The SMILES string of the molecule is O=C1c2ccccc2OC1NS(=O)O. The Balaban J connectivity index is 2.26. The van der Waals surface area contributed by atoms with E-state index in [9.17, 15) is 9.00 Å². The minimum atomic E-state index is -2.26. The molecule has 1 aliphatic rings. The average Bonchev–Trinajstić information content (AvgIpc) is 2.44. The molecule has 0 bridgehead atoms. The molecule has 0 amide bonds. The first-order valence-corrected chi connectivity index (χ1v) is 4.96. The summed E-state index contributed by atoms with van der Waals surface area (Å²) in [5, 5.41) is 0. The molecule has 0 saturated carbocycles. The normalized spacial score (nSPS) is 21.5. The van der Waals surface area contributed by atoms with Gasteiger partial charge in [0.15, 0.2) is 0 Å². The molecular weight excluding hydrogens is 206 g/mol. The average molecular weight is 213 g/mol. The second-order valence-corrected chi connectivity index (χ2v) is 3.46. The van der Waals surface area contributed by atoms with E-state index in [1.807, 2.05) is 0 Å². The van der Waals surface area contributed by atoms with Gasteiger partial charge in [-0.3, -0.25) is 9.35 Å². The van der Waals surface area contributed by atoms with Gasteiger partial charge in [0.25, 0.3) is 0 Å². The number of rotatable bonds is 2. The predicted molar refractivity (Wildman–Crippen MR) is 49.1 cm³/mol. The molecule has 0 spiro atoms. The van der Waals surface area contributed by atoms with E-state index in [1.54, 1.807) is 24.3 Å². The maximum absolute atomic E-state index is 11.5. The van der Waals surface area contributed by atoms with Crippen molar-refractivity contribution < 1.29 is 18.3 Å². The molecular formula is C8H7NO4S. The van der Waals surface area contributed by atoms with Crippen LogP contribution in [0, 0.1) is 0 Å². The molecule has 2 unspecified atom stereocenters. The highest BCUT2D eigenvalue weighted by molar-refractivity contribution is 7.77. The van der Waals surface area contributed by atoms with E-state index in [0.29, 0.717) is 11.3 Å². The Bertz CT molecular complexity index is 406. The van der Waals surface area contributed by atoms with Gasteiger partial charge in [0.1, 0.15) is 5.75 Å². The van der Waals surface area contributed by atoms with Gasteiger partial charge in [0.2, 0.25) is 23.3 Å². The van der Waals surface area contributed by atoms with Crippen LogP contribution in [0.3, 0.4) is 0 Å². The number of benzene rings is 1. The smallest absolute Gasteiger partial charge is 0.235 e. The van der Waals surface area contributed by atoms with Gasteiger partial charge in [0, 0.05) is 0 Å². The lowest BCUT2D eigenvalue weighted by Crippen LogP contribution is -2.38. The highest BCUT2D eigenvalue weighted by Crippen LogP contribution is 2.26. The van der Waals surface area contributed by atoms with E-state index in [4.69, 9.17) is 9.29 Å². The van der Waals surface area contributed by atoms with Crippen LogP contribution in [0.4, 0.5) is 0 Å². The largest absolute Gasteiger partial charge is 0.466 e. The summed E-state index contributed by atoms with van der Waals surface area (Å²) in [7, 11) is 0. The van der Waals surface area contributed by atoms with E-state index in [1.165, 1.54) is 0 Å². The van der Waals surface area contributed by atoms with Crippen molar-refractivity contribution in [2.45, 2.75) is 6.23 Å². The molecule has 0 saturated heterocycles. The molecule has 5 nitrogen and oxygen atoms in total. The molecule has 2 N–H and O–H groups in total. The first kappa shape index (κ1) is 9.32. The van der Waals surface area contributed by atoms with Gasteiger partial charge < -0.3 is 4.74 Å². The lowest BCUT2D eigenvalue weighted by Gasteiger charge is -2.06. The van der Waals surface area contributed by atoms with E-state index >= 15 is 0 Å². The summed E-state index contributed by atoms with van der Waals surface area (Å²) in [5.74, 6) is 0.100. The molecule has 14 heavy (non-hydrogen) atoms. The van der Waals surface area contributed by atoms with Crippen molar-refractivity contribution in [3.05, 3.63) is 29.8 Å². The molecule has 1 aromatic carbocycles. The zero-order valence-electron chi connectivity index (χ0n) is 6.97. The summed E-state index contributed by atoms with van der Waals surface area (Å²) in [4.78, 5) is 11.5. The topological polar surface area (TPSA) is 75.6 Å². The number of carbonyl (C=O) groups is 1. The minimum absolute atomic E-state index is 0.331. The van der Waals surface area contributed by atoms with Crippen molar-refractivity contribution in [2.75, 3.05) is 0 Å². The quantitative estimate of drug-likeness (QED) is 0.693. The Morgan fingerprint density at radius 3 is 2.79 bits per heavy atom. The summed E-state index contributed by atoms with van der Waals surface area (Å²) in [5.41, 5.74) is 0.426. The summed E-state index contributed by atoms with van der Waals surface area (Å²) < 4.78 is 26.2. The van der Waals surface area contributed by atoms with Gasteiger partial charge in [-0.25, -0.2) is 4.21 Å². The zero-order chi connectivity index (χ0) is 10.1. The van der Waals surface area contributed by atoms with Crippen LogP contribution in [0.1, 0.15) is 10.4 Å². The van der Waals surface area contributed by atoms with Crippen molar-refractivity contribution in [2.24, 2.45) is 0 Å². The molecule has 0 aromatic heterocycles. The molecule has 0 fully saturated rings. The van der Waals surface area contributed by atoms with Crippen LogP contribution in [0.2, 0.25) is 0 Å². The number of para-hydroxylation sites is 1. The van der Waals surface area contributed by atoms with E-state index in [2.05, 4.69) is 4.72 Å². The van der Waals surface area contributed by atoms with Crippen molar-refractivity contribution in [1.29, 1.82) is 0 Å². The second-order valence-electron chi connectivity index (χ2n) is 2.73. The number of carbonyl (C=O) groups excluding carboxylic acids is 1. The Kier molecular flexibility index (Phi) is 2.32. The number of hydrogen-bond donors (Lipinski definition) is 2. The van der Waals surface area contributed by atoms with Crippen LogP contribution in [0.5, 0.6) is 5.75 Å². The molecule has 74 valence electrons. The molecule has 0 aliphatic carbocycles. The highest BCUT2D eigenvalue weighted by Gasteiger charge is 2.32. The number of Topliss-reactive ketones (excluding diaryl/α,β-unsaturated/α-hetero) is 1. The standard InChI is InChI=1S/C8H7NO4S/c10-7-5-3-1-2-4-6(5)13-8(7)9-14(11)12/h1-4,8-9H,(H,11,12). The number of nitrogens with one attached hydrogen (secondary N) is 1. The fourth-order valence-corrected chi connectivity index (χ4v) is 1.60. The van der Waals surface area contributed by atoms with Gasteiger partial charge in [-0.2, -0.15) is 4.72 Å². The summed E-state index contributed by atoms with van der Waals surface area (Å²) in [6, 6.07) is 6.68. The first-order chi connectivity index (χ1) is 6.68. The minimum Gasteiger partial charge on any atom is -0.466 e. The van der Waals surface area contributed by atoms with E-state index in [-0.39, 0.29) is 5.78 Å². The van der Waals surface area contributed by atoms with Crippen molar-refractivity contribution in [3.8, 4) is 5.75 Å². The Labute approximate surface area is 82.5 Å². The second kappa shape index (κ2) is 3.49. The van der Waals surface area contributed by atoms with Gasteiger partial charge in [-0.05, 0) is 12.1 Å². The molecule has 2 rings (SSSR count). The molecule has 6 heteroatoms. The summed E-state index contributed by atoms with van der Waals surface area (Å²) in [6.07, 6.45) is -1.06. The predicted octanol–water partition coefficient (Wildman–Crippen LogP) is 0.314. The van der Waals surface area contributed by atoms with Gasteiger partial charge in [-0.15, -0.1) is 0 Å². The lowest BCUT2D eigenvalue weighted by atomic mass is 10.1. The maximum Gasteiger partial charge on any atom is 0.235 e. The zero-order valence-corrected chi connectivity index (χ0v) is 7.78. The monoisotopic (exact) mass is 213 g/mol. The third-order valence-corrected chi connectivity index (χ3v) is 2.26. The Morgan fingerprint density at radius 2 is 2.14 bits per heavy atom. The van der Waals surface area contributed by atoms with E-state index in [0.717, 1.165) is 0 Å². The van der Waals surface area contributed by atoms with Crippen LogP contribution in [0.25, 0.3) is 0 Å². The van der Waals surface area contributed by atoms with Crippen LogP contribution in [0.15, 0.2) is 24.3 Å². The third-order valence-electron chi connectivity index (χ3n) is 1.84. The van der Waals surface area contributed by atoms with Crippen molar-refractivity contribution in [3.63, 3.8) is 0 Å². The lowest BCUT2D eigenvalue weighted by molar-refractivity contribution is 0.0842. The van der Waals surface area contributed by atoms with Crippen LogP contribution in [-0.2, 0) is 11.3 Å². The van der Waals surface area contributed by atoms with Crippen LogP contribution >= 0.6 is 0 Å². The number of ketones is 1. The van der Waals surface area contributed by atoms with Crippen LogP contribution in [-0.4, -0.2) is 20.8 Å². The molecule has 1 heterocycles. The van der Waals surface area contributed by atoms with Crippen LogP contribution < -0.4 is 9.46 Å². The number of fused-ring (bicyclic) bond motifs is 1. The number of ether oxygens (including phenoxy) is 1. The molecule has 1 aliphatic heterocycles. The van der Waals surface area contributed by atoms with Crippen molar-refractivity contribution >= 4 is 17.0 Å². The fraction of sp³-hybridized carbons (Fsp3) is 0.125. The Morgan fingerprint density at radius 1 is 1.43 bits per heavy atom. The van der Waals surface area contributed by atoms with Gasteiger partial charge >= 0.3 is 0 Å². The third kappa shape index (κ3) is 1.54. The summed E-state index contributed by atoms with van der Waals surface area (Å²) >= 11 is -2.26. The molecule has 0 radical (unpaired) electrons. The van der Waals surface area contributed by atoms with E-state index < -0.39 is 17.5 Å². The first-order valence-electron chi connectivity index (χ1n) is 3.85. The molecule has 1 aromatic rings. The molecule has 2 atom stereocenters. The number of hydrogen-bond acceptors (Lipinski definition) is 3.